The number of rotatable bonds is 5. The molecule has 0 aromatic heterocycles. The summed E-state index contributed by atoms with van der Waals surface area (Å²) in [4.78, 5) is 11.5. The largest absolute Gasteiger partial charge is 0.496 e. The van der Waals surface area contributed by atoms with Crippen LogP contribution in [0.3, 0.4) is 0 Å². The topological polar surface area (TPSA) is 47.6 Å². The number of para-hydroxylation sites is 1. The number of amides is 1. The van der Waals surface area contributed by atoms with Gasteiger partial charge in [0.25, 0.3) is 0 Å². The molecule has 0 saturated heterocycles. The molecule has 16 heavy (non-hydrogen) atoms. The van der Waals surface area contributed by atoms with Gasteiger partial charge in [0.05, 0.1) is 7.11 Å². The van der Waals surface area contributed by atoms with Crippen LogP contribution in [0.5, 0.6) is 5.75 Å². The highest BCUT2D eigenvalue weighted by Gasteiger charge is 2.11. The lowest BCUT2D eigenvalue weighted by Crippen LogP contribution is -2.33. The lowest BCUT2D eigenvalue weighted by Gasteiger charge is -2.12. The molecule has 1 N–H and O–H groups in total. The van der Waals surface area contributed by atoms with E-state index in [-0.39, 0.29) is 5.91 Å². The summed E-state index contributed by atoms with van der Waals surface area (Å²) < 4.78 is 10.1. The van der Waals surface area contributed by atoms with Crippen LogP contribution in [0.15, 0.2) is 24.3 Å². The fourth-order valence-corrected chi connectivity index (χ4v) is 1.28. The third-order valence-electron chi connectivity index (χ3n) is 2.37. The van der Waals surface area contributed by atoms with Crippen molar-refractivity contribution in [2.45, 2.75) is 19.6 Å². The summed E-state index contributed by atoms with van der Waals surface area (Å²) in [6, 6.07) is 7.57. The molecule has 1 amide bonds. The number of ether oxygens (including phenoxy) is 2. The van der Waals surface area contributed by atoms with Crippen molar-refractivity contribution in [3.8, 4) is 5.75 Å². The zero-order chi connectivity index (χ0) is 12.0. The molecule has 88 valence electrons. The predicted octanol–water partition coefficient (Wildman–Crippen LogP) is 1.35. The molecule has 0 aliphatic heterocycles. The molecule has 0 bridgehead atoms. The summed E-state index contributed by atoms with van der Waals surface area (Å²) >= 11 is 0. The molecule has 4 heteroatoms. The van der Waals surface area contributed by atoms with Gasteiger partial charge in [0.2, 0.25) is 5.91 Å². The van der Waals surface area contributed by atoms with E-state index in [0.29, 0.717) is 6.54 Å². The molecule has 0 radical (unpaired) electrons. The SMILES string of the molecule is COc1ccccc1CNC(=O)C(C)OC. The van der Waals surface area contributed by atoms with Crippen LogP contribution >= 0.6 is 0 Å². The molecular weight excluding hydrogens is 206 g/mol. The average Bonchev–Trinajstić information content (AvgIpc) is 2.35. The minimum Gasteiger partial charge on any atom is -0.496 e. The first-order valence-electron chi connectivity index (χ1n) is 5.11. The van der Waals surface area contributed by atoms with E-state index in [9.17, 15) is 4.79 Å². The molecular formula is C12H17NO3. The van der Waals surface area contributed by atoms with Crippen LogP contribution in [0.2, 0.25) is 0 Å². The third kappa shape index (κ3) is 3.24. The maximum absolute atomic E-state index is 11.5. The fourth-order valence-electron chi connectivity index (χ4n) is 1.28. The number of hydrogen-bond acceptors (Lipinski definition) is 3. The first-order valence-corrected chi connectivity index (χ1v) is 5.11. The standard InChI is InChI=1S/C12H17NO3/c1-9(15-2)12(14)13-8-10-6-4-5-7-11(10)16-3/h4-7,9H,8H2,1-3H3,(H,13,14). The normalized spacial score (nSPS) is 11.9. The second kappa shape index (κ2) is 6.12. The van der Waals surface area contributed by atoms with Gasteiger partial charge in [0, 0.05) is 19.2 Å². The van der Waals surface area contributed by atoms with E-state index in [0.717, 1.165) is 11.3 Å². The molecule has 1 unspecified atom stereocenters. The second-order valence-electron chi connectivity index (χ2n) is 3.41. The monoisotopic (exact) mass is 223 g/mol. The van der Waals surface area contributed by atoms with Crippen LogP contribution in [-0.4, -0.2) is 26.2 Å². The van der Waals surface area contributed by atoms with Gasteiger partial charge in [-0.25, -0.2) is 0 Å². The molecule has 4 nitrogen and oxygen atoms in total. The Morgan fingerprint density at radius 2 is 2.06 bits per heavy atom. The fraction of sp³-hybridized carbons (Fsp3) is 0.417. The van der Waals surface area contributed by atoms with E-state index in [2.05, 4.69) is 5.32 Å². The van der Waals surface area contributed by atoms with E-state index in [4.69, 9.17) is 9.47 Å². The van der Waals surface area contributed by atoms with Gasteiger partial charge >= 0.3 is 0 Å². The quantitative estimate of drug-likeness (QED) is 0.819. The van der Waals surface area contributed by atoms with Crippen molar-refractivity contribution in [1.29, 1.82) is 0 Å². The average molecular weight is 223 g/mol. The molecule has 0 spiro atoms. The highest BCUT2D eigenvalue weighted by molar-refractivity contribution is 5.80. The van der Waals surface area contributed by atoms with Gasteiger partial charge in [0.1, 0.15) is 11.9 Å². The number of nitrogens with one attached hydrogen (secondary N) is 1. The summed E-state index contributed by atoms with van der Waals surface area (Å²) in [6.07, 6.45) is -0.435. The predicted molar refractivity (Wildman–Crippen MR) is 61.3 cm³/mol. The zero-order valence-corrected chi connectivity index (χ0v) is 9.82. The lowest BCUT2D eigenvalue weighted by atomic mass is 10.2. The minimum atomic E-state index is -0.435. The van der Waals surface area contributed by atoms with E-state index < -0.39 is 6.10 Å². The molecule has 0 aliphatic carbocycles. The van der Waals surface area contributed by atoms with Crippen molar-refractivity contribution in [2.75, 3.05) is 14.2 Å². The second-order valence-corrected chi connectivity index (χ2v) is 3.41. The highest BCUT2D eigenvalue weighted by atomic mass is 16.5. The Balaban J connectivity index is 2.57. The van der Waals surface area contributed by atoms with Crippen LogP contribution in [0.4, 0.5) is 0 Å². The van der Waals surface area contributed by atoms with Crippen LogP contribution in [-0.2, 0) is 16.1 Å². The Labute approximate surface area is 95.6 Å². The molecule has 0 heterocycles. The van der Waals surface area contributed by atoms with Crippen LogP contribution in [0.25, 0.3) is 0 Å². The van der Waals surface area contributed by atoms with E-state index >= 15 is 0 Å². The smallest absolute Gasteiger partial charge is 0.249 e. The molecule has 1 atom stereocenters. The zero-order valence-electron chi connectivity index (χ0n) is 9.82. The van der Waals surface area contributed by atoms with Crippen LogP contribution in [0, 0.1) is 0 Å². The van der Waals surface area contributed by atoms with Crippen molar-refractivity contribution < 1.29 is 14.3 Å². The molecule has 0 aliphatic rings. The summed E-state index contributed by atoms with van der Waals surface area (Å²) in [6.45, 7) is 2.15. The Bertz CT molecular complexity index is 352. The van der Waals surface area contributed by atoms with Gasteiger partial charge < -0.3 is 14.8 Å². The van der Waals surface area contributed by atoms with Crippen molar-refractivity contribution in [3.05, 3.63) is 29.8 Å². The summed E-state index contributed by atoms with van der Waals surface area (Å²) in [7, 11) is 3.12. The number of hydrogen-bond donors (Lipinski definition) is 1. The Morgan fingerprint density at radius 1 is 1.38 bits per heavy atom. The molecule has 1 aromatic rings. The van der Waals surface area contributed by atoms with Gasteiger partial charge in [0.15, 0.2) is 0 Å². The van der Waals surface area contributed by atoms with Gasteiger partial charge in [-0.1, -0.05) is 18.2 Å². The number of methoxy groups -OCH3 is 2. The maximum atomic E-state index is 11.5. The maximum Gasteiger partial charge on any atom is 0.249 e. The summed E-state index contributed by atoms with van der Waals surface area (Å²) in [5.41, 5.74) is 0.946. The molecule has 1 rings (SSSR count). The van der Waals surface area contributed by atoms with Gasteiger partial charge in [-0.15, -0.1) is 0 Å². The van der Waals surface area contributed by atoms with Crippen molar-refractivity contribution in [1.82, 2.24) is 5.32 Å². The lowest BCUT2D eigenvalue weighted by molar-refractivity contribution is -0.130. The highest BCUT2D eigenvalue weighted by Crippen LogP contribution is 2.16. The van der Waals surface area contributed by atoms with Crippen LogP contribution in [0.1, 0.15) is 12.5 Å². The Kier molecular flexibility index (Phi) is 4.79. The number of benzene rings is 1. The van der Waals surface area contributed by atoms with Gasteiger partial charge in [-0.2, -0.15) is 0 Å². The first kappa shape index (κ1) is 12.5. The molecule has 0 saturated carbocycles. The summed E-state index contributed by atoms with van der Waals surface area (Å²) in [5, 5.41) is 2.78. The van der Waals surface area contributed by atoms with Gasteiger partial charge in [-0.3, -0.25) is 4.79 Å². The third-order valence-corrected chi connectivity index (χ3v) is 2.37. The summed E-state index contributed by atoms with van der Waals surface area (Å²) in [5.74, 6) is 0.640. The minimum absolute atomic E-state index is 0.131. The van der Waals surface area contributed by atoms with Crippen molar-refractivity contribution in [3.63, 3.8) is 0 Å². The van der Waals surface area contributed by atoms with E-state index in [1.54, 1.807) is 14.0 Å². The molecule has 1 aromatic carbocycles. The first-order chi connectivity index (χ1) is 7.69. The number of carbonyl (C=O) groups is 1. The van der Waals surface area contributed by atoms with Gasteiger partial charge in [-0.05, 0) is 13.0 Å². The van der Waals surface area contributed by atoms with Crippen molar-refractivity contribution in [2.24, 2.45) is 0 Å². The van der Waals surface area contributed by atoms with Crippen LogP contribution < -0.4 is 10.1 Å². The van der Waals surface area contributed by atoms with E-state index in [1.807, 2.05) is 24.3 Å². The Hall–Kier alpha value is -1.55. The Morgan fingerprint density at radius 3 is 2.69 bits per heavy atom. The van der Waals surface area contributed by atoms with Crippen molar-refractivity contribution >= 4 is 5.91 Å². The molecule has 0 fully saturated rings. The van der Waals surface area contributed by atoms with E-state index in [1.165, 1.54) is 7.11 Å². The number of carbonyl (C=O) groups excluding carboxylic acids is 1.